The highest BCUT2D eigenvalue weighted by molar-refractivity contribution is 5.90. The number of aromatic nitrogens is 2. The summed E-state index contributed by atoms with van der Waals surface area (Å²) in [5.41, 5.74) is 1.37. The van der Waals surface area contributed by atoms with Crippen LogP contribution in [0.1, 0.15) is 36.3 Å². The summed E-state index contributed by atoms with van der Waals surface area (Å²) in [7, 11) is 1.82. The molecule has 0 radical (unpaired) electrons. The number of hydrogen-bond acceptors (Lipinski definition) is 5. The van der Waals surface area contributed by atoms with Gasteiger partial charge in [0, 0.05) is 26.8 Å². The van der Waals surface area contributed by atoms with E-state index in [0.29, 0.717) is 18.7 Å². The van der Waals surface area contributed by atoms with Gasteiger partial charge < -0.3 is 14.8 Å². The third kappa shape index (κ3) is 5.00. The standard InChI is InChI=1S/C13H23N3O3/c1-4-18-8-6-7-14-10-12-11(9-15-16(12)3)13(17)19-5-2/h9,14H,4-8,10H2,1-3H3. The van der Waals surface area contributed by atoms with Crippen molar-refractivity contribution >= 4 is 5.97 Å². The molecular weight excluding hydrogens is 246 g/mol. The van der Waals surface area contributed by atoms with Crippen LogP contribution in [0.4, 0.5) is 0 Å². The van der Waals surface area contributed by atoms with E-state index in [1.54, 1.807) is 17.8 Å². The number of nitrogens with zero attached hydrogens (tertiary/aromatic N) is 2. The van der Waals surface area contributed by atoms with Crippen LogP contribution >= 0.6 is 0 Å². The second kappa shape index (κ2) is 8.66. The lowest BCUT2D eigenvalue weighted by Gasteiger charge is -2.08. The highest BCUT2D eigenvalue weighted by Crippen LogP contribution is 2.09. The quantitative estimate of drug-likeness (QED) is 0.537. The van der Waals surface area contributed by atoms with Crippen LogP contribution in [-0.4, -0.2) is 42.1 Å². The molecular formula is C13H23N3O3. The van der Waals surface area contributed by atoms with Gasteiger partial charge in [0.15, 0.2) is 0 Å². The number of nitrogens with one attached hydrogen (secondary N) is 1. The Kier molecular flexibility index (Phi) is 7.14. The Labute approximate surface area is 114 Å². The molecule has 6 nitrogen and oxygen atoms in total. The van der Waals surface area contributed by atoms with Gasteiger partial charge in [-0.1, -0.05) is 0 Å². The van der Waals surface area contributed by atoms with Crippen LogP contribution in [-0.2, 0) is 23.1 Å². The maximum atomic E-state index is 11.7. The van der Waals surface area contributed by atoms with E-state index in [1.165, 1.54) is 0 Å². The molecule has 19 heavy (non-hydrogen) atoms. The molecule has 0 aliphatic carbocycles. The van der Waals surface area contributed by atoms with Crippen LogP contribution < -0.4 is 5.32 Å². The largest absolute Gasteiger partial charge is 0.462 e. The van der Waals surface area contributed by atoms with Gasteiger partial charge in [0.1, 0.15) is 5.56 Å². The molecule has 1 heterocycles. The van der Waals surface area contributed by atoms with Gasteiger partial charge in [-0.2, -0.15) is 5.10 Å². The first kappa shape index (κ1) is 15.7. The van der Waals surface area contributed by atoms with Crippen molar-refractivity contribution in [2.75, 3.05) is 26.4 Å². The highest BCUT2D eigenvalue weighted by Gasteiger charge is 2.16. The fraction of sp³-hybridized carbons (Fsp3) is 0.692. The molecule has 0 saturated carbocycles. The molecule has 0 fully saturated rings. The second-order valence-electron chi connectivity index (χ2n) is 4.08. The summed E-state index contributed by atoms with van der Waals surface area (Å²) >= 11 is 0. The lowest BCUT2D eigenvalue weighted by atomic mass is 10.2. The van der Waals surface area contributed by atoms with Gasteiger partial charge in [-0.05, 0) is 26.8 Å². The monoisotopic (exact) mass is 269 g/mol. The van der Waals surface area contributed by atoms with Gasteiger partial charge >= 0.3 is 5.97 Å². The number of ether oxygens (including phenoxy) is 2. The topological polar surface area (TPSA) is 65.4 Å². The van der Waals surface area contributed by atoms with Gasteiger partial charge in [-0.25, -0.2) is 4.79 Å². The minimum atomic E-state index is -0.318. The summed E-state index contributed by atoms with van der Waals surface area (Å²) in [6.45, 7) is 7.07. The van der Waals surface area contributed by atoms with Crippen molar-refractivity contribution in [3.8, 4) is 0 Å². The minimum absolute atomic E-state index is 0.318. The zero-order valence-corrected chi connectivity index (χ0v) is 11.9. The van der Waals surface area contributed by atoms with Crippen molar-refractivity contribution < 1.29 is 14.3 Å². The number of aryl methyl sites for hydroxylation is 1. The van der Waals surface area contributed by atoms with Crippen LogP contribution in [0.25, 0.3) is 0 Å². The predicted molar refractivity (Wildman–Crippen MR) is 72.0 cm³/mol. The van der Waals surface area contributed by atoms with Gasteiger partial charge in [-0.15, -0.1) is 0 Å². The molecule has 0 aliphatic rings. The number of carbonyl (C=O) groups is 1. The first-order chi connectivity index (χ1) is 9.20. The molecule has 0 bridgehead atoms. The lowest BCUT2D eigenvalue weighted by molar-refractivity contribution is 0.0524. The van der Waals surface area contributed by atoms with Crippen LogP contribution in [0.2, 0.25) is 0 Å². The number of hydrogen-bond donors (Lipinski definition) is 1. The number of rotatable bonds is 9. The van der Waals surface area contributed by atoms with Crippen LogP contribution in [0.15, 0.2) is 6.20 Å². The normalized spacial score (nSPS) is 10.7. The SMILES string of the molecule is CCOCCCNCc1c(C(=O)OCC)cnn1C. The zero-order valence-electron chi connectivity index (χ0n) is 11.9. The fourth-order valence-corrected chi connectivity index (χ4v) is 1.70. The Morgan fingerprint density at radius 3 is 2.89 bits per heavy atom. The molecule has 108 valence electrons. The summed E-state index contributed by atoms with van der Waals surface area (Å²) in [6.07, 6.45) is 2.50. The summed E-state index contributed by atoms with van der Waals surface area (Å²) < 4.78 is 12.0. The first-order valence-electron chi connectivity index (χ1n) is 6.67. The molecule has 1 aromatic heterocycles. The van der Waals surface area contributed by atoms with Crippen molar-refractivity contribution in [2.24, 2.45) is 7.05 Å². The smallest absolute Gasteiger partial charge is 0.341 e. The maximum Gasteiger partial charge on any atom is 0.341 e. The van der Waals surface area contributed by atoms with Gasteiger partial charge in [-0.3, -0.25) is 4.68 Å². The molecule has 1 aromatic rings. The number of carbonyl (C=O) groups excluding carboxylic acids is 1. The van der Waals surface area contributed by atoms with Crippen molar-refractivity contribution in [1.82, 2.24) is 15.1 Å². The molecule has 0 aromatic carbocycles. The van der Waals surface area contributed by atoms with E-state index < -0.39 is 0 Å². The van der Waals surface area contributed by atoms with E-state index in [0.717, 1.165) is 31.9 Å². The third-order valence-corrected chi connectivity index (χ3v) is 2.70. The lowest BCUT2D eigenvalue weighted by Crippen LogP contribution is -2.20. The predicted octanol–water partition coefficient (Wildman–Crippen LogP) is 1.11. The van der Waals surface area contributed by atoms with E-state index >= 15 is 0 Å². The van der Waals surface area contributed by atoms with Gasteiger partial charge in [0.25, 0.3) is 0 Å². The molecule has 1 rings (SSSR count). The fourth-order valence-electron chi connectivity index (χ4n) is 1.70. The molecule has 0 saturated heterocycles. The summed E-state index contributed by atoms with van der Waals surface area (Å²) in [6, 6.07) is 0. The Hall–Kier alpha value is -1.40. The third-order valence-electron chi connectivity index (χ3n) is 2.70. The van der Waals surface area contributed by atoms with Gasteiger partial charge in [0.2, 0.25) is 0 Å². The second-order valence-corrected chi connectivity index (χ2v) is 4.08. The summed E-state index contributed by atoms with van der Waals surface area (Å²) in [5, 5.41) is 7.38. The van der Waals surface area contributed by atoms with Crippen molar-refractivity contribution in [3.63, 3.8) is 0 Å². The first-order valence-corrected chi connectivity index (χ1v) is 6.67. The van der Waals surface area contributed by atoms with E-state index in [9.17, 15) is 4.79 Å². The molecule has 0 amide bonds. The van der Waals surface area contributed by atoms with E-state index in [4.69, 9.17) is 9.47 Å². The molecule has 0 unspecified atom stereocenters. The van der Waals surface area contributed by atoms with Crippen molar-refractivity contribution in [2.45, 2.75) is 26.8 Å². The Balaban J connectivity index is 2.44. The average molecular weight is 269 g/mol. The Bertz CT molecular complexity index is 390. The minimum Gasteiger partial charge on any atom is -0.462 e. The van der Waals surface area contributed by atoms with Crippen LogP contribution in [0.3, 0.4) is 0 Å². The summed E-state index contributed by atoms with van der Waals surface area (Å²) in [4.78, 5) is 11.7. The van der Waals surface area contributed by atoms with Gasteiger partial charge in [0.05, 0.1) is 18.5 Å². The maximum absolute atomic E-state index is 11.7. The van der Waals surface area contributed by atoms with E-state index in [2.05, 4.69) is 10.4 Å². The average Bonchev–Trinajstić information content (AvgIpc) is 2.76. The number of esters is 1. The van der Waals surface area contributed by atoms with E-state index in [-0.39, 0.29) is 5.97 Å². The zero-order chi connectivity index (χ0) is 14.1. The van der Waals surface area contributed by atoms with E-state index in [1.807, 2.05) is 14.0 Å². The van der Waals surface area contributed by atoms with Crippen LogP contribution in [0, 0.1) is 0 Å². The highest BCUT2D eigenvalue weighted by atomic mass is 16.5. The van der Waals surface area contributed by atoms with Crippen molar-refractivity contribution in [1.29, 1.82) is 0 Å². The molecule has 0 spiro atoms. The molecule has 0 atom stereocenters. The summed E-state index contributed by atoms with van der Waals surface area (Å²) in [5.74, 6) is -0.318. The Morgan fingerprint density at radius 2 is 2.21 bits per heavy atom. The molecule has 0 aliphatic heterocycles. The van der Waals surface area contributed by atoms with Crippen LogP contribution in [0.5, 0.6) is 0 Å². The molecule has 6 heteroatoms. The Morgan fingerprint density at radius 1 is 1.42 bits per heavy atom. The molecule has 1 N–H and O–H groups in total. The van der Waals surface area contributed by atoms with Crippen molar-refractivity contribution in [3.05, 3.63) is 17.5 Å².